The maximum Gasteiger partial charge on any atom is 0.390 e. The number of rotatable bonds is 7. The van der Waals surface area contributed by atoms with Crippen LogP contribution in [0.25, 0.3) is 0 Å². The van der Waals surface area contributed by atoms with Gasteiger partial charge in [-0.1, -0.05) is 0 Å². The van der Waals surface area contributed by atoms with Gasteiger partial charge in [-0.25, -0.2) is 4.98 Å². The van der Waals surface area contributed by atoms with Crippen LogP contribution in [0.1, 0.15) is 32.1 Å². The Bertz CT molecular complexity index is 375. The monoisotopic (exact) mass is 295 g/mol. The highest BCUT2D eigenvalue weighted by atomic mass is 32.1. The molecule has 0 aliphatic carbocycles. The quantitative estimate of drug-likeness (QED) is 0.835. The molecule has 0 amide bonds. The Morgan fingerprint density at radius 1 is 1.37 bits per heavy atom. The minimum Gasteiger partial charge on any atom is -0.349 e. The van der Waals surface area contributed by atoms with E-state index in [4.69, 9.17) is 0 Å². The van der Waals surface area contributed by atoms with E-state index in [1.54, 1.807) is 13.1 Å². The Labute approximate surface area is 115 Å². The lowest BCUT2D eigenvalue weighted by Crippen LogP contribution is -2.30. The van der Waals surface area contributed by atoms with E-state index in [1.807, 2.05) is 13.8 Å². The summed E-state index contributed by atoms with van der Waals surface area (Å²) in [5.41, 5.74) is 0. The first-order valence-electron chi connectivity index (χ1n) is 6.35. The van der Waals surface area contributed by atoms with E-state index >= 15 is 0 Å². The summed E-state index contributed by atoms with van der Waals surface area (Å²) < 4.78 is 36.5. The highest BCUT2D eigenvalue weighted by Gasteiger charge is 2.29. The summed E-state index contributed by atoms with van der Waals surface area (Å²) in [5.74, 6) is 0. The molecule has 0 aliphatic heterocycles. The fourth-order valence-corrected chi connectivity index (χ4v) is 2.70. The van der Waals surface area contributed by atoms with Crippen molar-refractivity contribution in [2.24, 2.45) is 0 Å². The second kappa shape index (κ2) is 7.09. The summed E-state index contributed by atoms with van der Waals surface area (Å²) >= 11 is 1.52. The van der Waals surface area contributed by atoms with Gasteiger partial charge in [0.25, 0.3) is 0 Å². The summed E-state index contributed by atoms with van der Waals surface area (Å²) in [6.07, 6.45) is -3.20. The predicted octanol–water partition coefficient (Wildman–Crippen LogP) is 3.42. The molecule has 1 aromatic heterocycles. The largest absolute Gasteiger partial charge is 0.390 e. The second-order valence-electron chi connectivity index (χ2n) is 4.38. The van der Waals surface area contributed by atoms with E-state index < -0.39 is 18.6 Å². The van der Waals surface area contributed by atoms with Crippen LogP contribution in [-0.4, -0.2) is 30.3 Å². The average Bonchev–Trinajstić information content (AvgIpc) is 2.75. The van der Waals surface area contributed by atoms with Crippen molar-refractivity contribution in [1.82, 2.24) is 10.3 Å². The Morgan fingerprint density at radius 3 is 2.53 bits per heavy atom. The van der Waals surface area contributed by atoms with Crippen LogP contribution in [0.2, 0.25) is 0 Å². The average molecular weight is 295 g/mol. The zero-order valence-electron chi connectivity index (χ0n) is 11.4. The standard InChI is InChI=1S/C12H20F3N3S/c1-4-18(5-2)11-17-8-10(19-11)7-16-9(3)6-12(13,14)15/h8-9,16H,4-7H2,1-3H3. The Balaban J connectivity index is 2.46. The van der Waals surface area contributed by atoms with E-state index in [9.17, 15) is 13.2 Å². The Kier molecular flexibility index (Phi) is 6.06. The van der Waals surface area contributed by atoms with Crippen LogP contribution in [0.5, 0.6) is 0 Å². The van der Waals surface area contributed by atoms with Crippen molar-refractivity contribution in [3.8, 4) is 0 Å². The van der Waals surface area contributed by atoms with Crippen molar-refractivity contribution in [2.75, 3.05) is 18.0 Å². The lowest BCUT2D eigenvalue weighted by Gasteiger charge is -2.16. The minimum atomic E-state index is -4.12. The second-order valence-corrected chi connectivity index (χ2v) is 5.48. The maximum atomic E-state index is 12.2. The molecule has 3 nitrogen and oxygen atoms in total. The fourth-order valence-electron chi connectivity index (χ4n) is 1.71. The molecule has 110 valence electrons. The first-order chi connectivity index (χ1) is 8.85. The van der Waals surface area contributed by atoms with Gasteiger partial charge in [-0.2, -0.15) is 13.2 Å². The minimum absolute atomic E-state index is 0.427. The number of nitrogens with one attached hydrogen (secondary N) is 1. The van der Waals surface area contributed by atoms with Crippen LogP contribution >= 0.6 is 11.3 Å². The van der Waals surface area contributed by atoms with Gasteiger partial charge >= 0.3 is 6.18 Å². The molecule has 1 aromatic rings. The molecule has 0 fully saturated rings. The number of alkyl halides is 3. The zero-order chi connectivity index (χ0) is 14.5. The number of anilines is 1. The summed E-state index contributed by atoms with van der Waals surface area (Å²) in [7, 11) is 0. The molecular formula is C12H20F3N3S. The van der Waals surface area contributed by atoms with E-state index in [0.29, 0.717) is 6.54 Å². The molecule has 0 bridgehead atoms. The van der Waals surface area contributed by atoms with Gasteiger partial charge in [0.05, 0.1) is 6.42 Å². The molecule has 7 heteroatoms. The first kappa shape index (κ1) is 16.2. The van der Waals surface area contributed by atoms with Crippen LogP contribution in [-0.2, 0) is 6.54 Å². The molecule has 0 aliphatic rings. The van der Waals surface area contributed by atoms with Gasteiger partial charge in [-0.05, 0) is 20.8 Å². The zero-order valence-corrected chi connectivity index (χ0v) is 12.2. The summed E-state index contributed by atoms with van der Waals surface area (Å²) in [6.45, 7) is 7.82. The lowest BCUT2D eigenvalue weighted by molar-refractivity contribution is -0.139. The van der Waals surface area contributed by atoms with Crippen molar-refractivity contribution >= 4 is 16.5 Å². The summed E-state index contributed by atoms with van der Waals surface area (Å²) in [6, 6.07) is -0.584. The molecule has 1 rings (SSSR count). The molecule has 0 saturated heterocycles. The van der Waals surface area contributed by atoms with Crippen LogP contribution in [0.15, 0.2) is 6.20 Å². The Hall–Kier alpha value is -0.820. The Morgan fingerprint density at radius 2 is 2.00 bits per heavy atom. The number of thiazole rings is 1. The normalized spacial score (nSPS) is 13.6. The molecule has 0 saturated carbocycles. The van der Waals surface area contributed by atoms with E-state index in [-0.39, 0.29) is 0 Å². The third kappa shape index (κ3) is 5.78. The predicted molar refractivity (Wildman–Crippen MR) is 72.6 cm³/mol. The van der Waals surface area contributed by atoms with Crippen molar-refractivity contribution < 1.29 is 13.2 Å². The van der Waals surface area contributed by atoms with Gasteiger partial charge in [0.1, 0.15) is 0 Å². The van der Waals surface area contributed by atoms with Crippen molar-refractivity contribution in [3.63, 3.8) is 0 Å². The molecule has 1 heterocycles. The van der Waals surface area contributed by atoms with Gasteiger partial charge in [0.2, 0.25) is 0 Å². The summed E-state index contributed by atoms with van der Waals surface area (Å²) in [4.78, 5) is 7.37. The van der Waals surface area contributed by atoms with E-state index in [0.717, 1.165) is 23.1 Å². The number of aromatic nitrogens is 1. The van der Waals surface area contributed by atoms with Crippen molar-refractivity contribution in [3.05, 3.63) is 11.1 Å². The summed E-state index contributed by atoms with van der Waals surface area (Å²) in [5, 5.41) is 3.80. The molecule has 1 atom stereocenters. The smallest absolute Gasteiger partial charge is 0.349 e. The van der Waals surface area contributed by atoms with Crippen LogP contribution in [0, 0.1) is 0 Å². The van der Waals surface area contributed by atoms with Gasteiger partial charge < -0.3 is 10.2 Å². The third-order valence-electron chi connectivity index (χ3n) is 2.74. The fraction of sp³-hybridized carbons (Fsp3) is 0.750. The van der Waals surface area contributed by atoms with Gasteiger partial charge in [0, 0.05) is 36.8 Å². The lowest BCUT2D eigenvalue weighted by atomic mass is 10.2. The van der Waals surface area contributed by atoms with Crippen molar-refractivity contribution in [2.45, 2.75) is 46.0 Å². The number of nitrogens with zero attached hydrogens (tertiary/aromatic N) is 2. The van der Waals surface area contributed by atoms with Crippen LogP contribution in [0.3, 0.4) is 0 Å². The number of hydrogen-bond donors (Lipinski definition) is 1. The number of halogens is 3. The highest BCUT2D eigenvalue weighted by Crippen LogP contribution is 2.24. The third-order valence-corrected chi connectivity index (χ3v) is 3.80. The molecular weight excluding hydrogens is 275 g/mol. The topological polar surface area (TPSA) is 28.2 Å². The molecule has 19 heavy (non-hydrogen) atoms. The molecule has 0 spiro atoms. The van der Waals surface area contributed by atoms with Gasteiger partial charge in [-0.3, -0.25) is 0 Å². The van der Waals surface area contributed by atoms with Gasteiger partial charge in [-0.15, -0.1) is 11.3 Å². The highest BCUT2D eigenvalue weighted by molar-refractivity contribution is 7.15. The molecule has 0 radical (unpaired) electrons. The molecule has 1 N–H and O–H groups in total. The maximum absolute atomic E-state index is 12.2. The van der Waals surface area contributed by atoms with Crippen LogP contribution in [0.4, 0.5) is 18.3 Å². The molecule has 1 unspecified atom stereocenters. The van der Waals surface area contributed by atoms with E-state index in [2.05, 4.69) is 15.2 Å². The van der Waals surface area contributed by atoms with Gasteiger partial charge in [0.15, 0.2) is 5.13 Å². The van der Waals surface area contributed by atoms with Crippen molar-refractivity contribution in [1.29, 1.82) is 0 Å². The SMILES string of the molecule is CCN(CC)c1ncc(CNC(C)CC(F)(F)F)s1. The number of hydrogen-bond acceptors (Lipinski definition) is 4. The first-order valence-corrected chi connectivity index (χ1v) is 7.17. The van der Waals surface area contributed by atoms with Crippen LogP contribution < -0.4 is 10.2 Å². The van der Waals surface area contributed by atoms with E-state index in [1.165, 1.54) is 11.3 Å². The molecule has 0 aromatic carbocycles.